The van der Waals surface area contributed by atoms with E-state index in [-0.39, 0.29) is 11.6 Å². The highest BCUT2D eigenvalue weighted by Gasteiger charge is 2.14. The van der Waals surface area contributed by atoms with Crippen molar-refractivity contribution in [2.75, 3.05) is 0 Å². The summed E-state index contributed by atoms with van der Waals surface area (Å²) in [5.74, 6) is -0.548. The van der Waals surface area contributed by atoms with Crippen LogP contribution >= 0.6 is 0 Å². The summed E-state index contributed by atoms with van der Waals surface area (Å²) in [5.41, 5.74) is 5.07. The van der Waals surface area contributed by atoms with Crippen LogP contribution in [-0.2, 0) is 13.1 Å². The molecule has 0 bridgehead atoms. The molecule has 4 rings (SSSR count). The normalized spacial score (nSPS) is 11.4. The van der Waals surface area contributed by atoms with Gasteiger partial charge in [0.05, 0.1) is 0 Å². The monoisotopic (exact) mass is 411 g/mol. The fourth-order valence-corrected chi connectivity index (χ4v) is 3.53. The molecule has 0 saturated heterocycles. The van der Waals surface area contributed by atoms with Gasteiger partial charge in [0.15, 0.2) is 0 Å². The SMILES string of the molecule is Fc1ccc(/C=C(\c2ccc(F)cc2)N(Cc2ccccc2)Cc2ccccc2)cc1. The fourth-order valence-electron chi connectivity index (χ4n) is 3.53. The number of nitrogens with zero attached hydrogens (tertiary/aromatic N) is 1. The Hall–Kier alpha value is -3.72. The molecule has 0 radical (unpaired) electrons. The molecule has 0 aliphatic rings. The molecule has 154 valence electrons. The van der Waals surface area contributed by atoms with Gasteiger partial charge in [0, 0.05) is 18.8 Å². The van der Waals surface area contributed by atoms with Crippen LogP contribution in [0.25, 0.3) is 11.8 Å². The Morgan fingerprint density at radius 1 is 0.581 bits per heavy atom. The lowest BCUT2D eigenvalue weighted by atomic mass is 10.0. The number of rotatable bonds is 7. The highest BCUT2D eigenvalue weighted by molar-refractivity contribution is 5.80. The standard InChI is InChI=1S/C28H23F2N/c29-26-15-11-22(12-16-26)19-28(25-13-17-27(30)18-14-25)31(20-23-7-3-1-4-8-23)21-24-9-5-2-6-10-24/h1-19H,20-21H2/b28-19+. The minimum Gasteiger partial charge on any atom is -0.362 e. The summed E-state index contributed by atoms with van der Waals surface area (Å²) in [6.45, 7) is 1.36. The van der Waals surface area contributed by atoms with Gasteiger partial charge in [-0.1, -0.05) is 72.8 Å². The van der Waals surface area contributed by atoms with Crippen LogP contribution in [-0.4, -0.2) is 4.90 Å². The second-order valence-electron chi connectivity index (χ2n) is 7.42. The van der Waals surface area contributed by atoms with Gasteiger partial charge in [-0.05, 0) is 64.7 Å². The van der Waals surface area contributed by atoms with E-state index >= 15 is 0 Å². The van der Waals surface area contributed by atoms with Crippen molar-refractivity contribution < 1.29 is 8.78 Å². The van der Waals surface area contributed by atoms with Crippen LogP contribution in [0.5, 0.6) is 0 Å². The zero-order valence-corrected chi connectivity index (χ0v) is 17.1. The summed E-state index contributed by atoms with van der Waals surface area (Å²) in [7, 11) is 0. The van der Waals surface area contributed by atoms with Gasteiger partial charge in [0.1, 0.15) is 11.6 Å². The van der Waals surface area contributed by atoms with E-state index in [0.29, 0.717) is 13.1 Å². The average molecular weight is 411 g/mol. The van der Waals surface area contributed by atoms with Gasteiger partial charge in [-0.2, -0.15) is 0 Å². The minimum atomic E-state index is -0.275. The fraction of sp³-hybridized carbons (Fsp3) is 0.0714. The van der Waals surface area contributed by atoms with Crippen LogP contribution in [0.15, 0.2) is 109 Å². The minimum absolute atomic E-state index is 0.272. The van der Waals surface area contributed by atoms with E-state index in [4.69, 9.17) is 0 Å². The second kappa shape index (κ2) is 9.86. The molecule has 0 spiro atoms. The van der Waals surface area contributed by atoms with Gasteiger partial charge in [0.25, 0.3) is 0 Å². The molecule has 0 fully saturated rings. The largest absolute Gasteiger partial charge is 0.362 e. The maximum atomic E-state index is 13.6. The lowest BCUT2D eigenvalue weighted by Crippen LogP contribution is -2.21. The van der Waals surface area contributed by atoms with Crippen LogP contribution in [0.3, 0.4) is 0 Å². The molecule has 4 aromatic rings. The summed E-state index contributed by atoms with van der Waals surface area (Å²) < 4.78 is 27.1. The third kappa shape index (κ3) is 5.67. The molecule has 0 unspecified atom stereocenters. The Morgan fingerprint density at radius 2 is 1.03 bits per heavy atom. The summed E-state index contributed by atoms with van der Waals surface area (Å²) in [6.07, 6.45) is 2.03. The van der Waals surface area contributed by atoms with E-state index in [1.165, 1.54) is 35.4 Å². The molecule has 0 heterocycles. The highest BCUT2D eigenvalue weighted by Crippen LogP contribution is 2.27. The Morgan fingerprint density at radius 3 is 1.52 bits per heavy atom. The molecule has 31 heavy (non-hydrogen) atoms. The van der Waals surface area contributed by atoms with E-state index in [9.17, 15) is 8.78 Å². The molecule has 0 aromatic heterocycles. The van der Waals surface area contributed by atoms with Gasteiger partial charge >= 0.3 is 0 Å². The summed E-state index contributed by atoms with van der Waals surface area (Å²) >= 11 is 0. The van der Waals surface area contributed by atoms with Crippen molar-refractivity contribution in [2.24, 2.45) is 0 Å². The lowest BCUT2D eigenvalue weighted by molar-refractivity contribution is 0.385. The van der Waals surface area contributed by atoms with Crippen LogP contribution in [0.4, 0.5) is 8.78 Å². The van der Waals surface area contributed by atoms with Crippen LogP contribution in [0.2, 0.25) is 0 Å². The smallest absolute Gasteiger partial charge is 0.123 e. The Kier molecular flexibility index (Phi) is 6.53. The molecule has 0 aliphatic carbocycles. The van der Waals surface area contributed by atoms with Crippen molar-refractivity contribution in [1.29, 1.82) is 0 Å². The molecule has 0 aliphatic heterocycles. The molecule has 0 saturated carbocycles. The van der Waals surface area contributed by atoms with Gasteiger partial charge in [-0.3, -0.25) is 0 Å². The zero-order valence-electron chi connectivity index (χ0n) is 17.1. The van der Waals surface area contributed by atoms with Crippen LogP contribution in [0.1, 0.15) is 22.3 Å². The van der Waals surface area contributed by atoms with Crippen LogP contribution in [0, 0.1) is 11.6 Å². The Balaban J connectivity index is 1.79. The van der Waals surface area contributed by atoms with Gasteiger partial charge < -0.3 is 4.90 Å². The van der Waals surface area contributed by atoms with Crippen molar-refractivity contribution in [3.8, 4) is 0 Å². The highest BCUT2D eigenvalue weighted by atomic mass is 19.1. The Labute approximate surface area is 181 Å². The first-order chi connectivity index (χ1) is 15.2. The first kappa shape index (κ1) is 20.5. The topological polar surface area (TPSA) is 3.24 Å². The molecule has 1 nitrogen and oxygen atoms in total. The Bertz CT molecular complexity index is 1080. The number of benzene rings is 4. The molecular weight excluding hydrogens is 388 g/mol. The molecule has 0 N–H and O–H groups in total. The quantitative estimate of drug-likeness (QED) is 0.292. The maximum absolute atomic E-state index is 13.6. The maximum Gasteiger partial charge on any atom is 0.123 e. The van der Waals surface area contributed by atoms with Crippen LogP contribution < -0.4 is 0 Å². The number of hydrogen-bond acceptors (Lipinski definition) is 1. The number of halogens is 2. The third-order valence-corrected chi connectivity index (χ3v) is 5.09. The van der Waals surface area contributed by atoms with Crippen molar-refractivity contribution in [1.82, 2.24) is 4.90 Å². The van der Waals surface area contributed by atoms with E-state index in [0.717, 1.165) is 16.8 Å². The second-order valence-corrected chi connectivity index (χ2v) is 7.42. The molecule has 0 atom stereocenters. The van der Waals surface area contributed by atoms with Crippen molar-refractivity contribution >= 4 is 11.8 Å². The van der Waals surface area contributed by atoms with Gasteiger partial charge in [-0.15, -0.1) is 0 Å². The van der Waals surface area contributed by atoms with Gasteiger partial charge in [0.2, 0.25) is 0 Å². The zero-order chi connectivity index (χ0) is 21.5. The van der Waals surface area contributed by atoms with Crippen molar-refractivity contribution in [3.05, 3.63) is 143 Å². The van der Waals surface area contributed by atoms with E-state index < -0.39 is 0 Å². The number of hydrogen-bond donors (Lipinski definition) is 0. The third-order valence-electron chi connectivity index (χ3n) is 5.09. The predicted molar refractivity (Wildman–Crippen MR) is 123 cm³/mol. The van der Waals surface area contributed by atoms with E-state index in [1.807, 2.05) is 42.5 Å². The van der Waals surface area contributed by atoms with Crippen molar-refractivity contribution in [3.63, 3.8) is 0 Å². The summed E-state index contributed by atoms with van der Waals surface area (Å²) in [5, 5.41) is 0. The lowest BCUT2D eigenvalue weighted by Gasteiger charge is -2.28. The predicted octanol–water partition coefficient (Wildman–Crippen LogP) is 7.17. The average Bonchev–Trinajstić information content (AvgIpc) is 2.80. The van der Waals surface area contributed by atoms with E-state index in [2.05, 4.69) is 29.2 Å². The van der Waals surface area contributed by atoms with Gasteiger partial charge in [-0.25, -0.2) is 8.78 Å². The van der Waals surface area contributed by atoms with Crippen molar-refractivity contribution in [2.45, 2.75) is 13.1 Å². The van der Waals surface area contributed by atoms with E-state index in [1.54, 1.807) is 24.3 Å². The molecule has 3 heteroatoms. The molecular formula is C28H23F2N. The molecule has 4 aromatic carbocycles. The first-order valence-electron chi connectivity index (χ1n) is 10.2. The summed E-state index contributed by atoms with van der Waals surface area (Å²) in [6, 6.07) is 33.4. The first-order valence-corrected chi connectivity index (χ1v) is 10.2. The summed E-state index contributed by atoms with van der Waals surface area (Å²) in [4.78, 5) is 2.27. The molecule has 0 amide bonds.